The van der Waals surface area contributed by atoms with Gasteiger partial charge in [0.1, 0.15) is 18.6 Å². The molecule has 0 fully saturated rings. The van der Waals surface area contributed by atoms with Crippen molar-refractivity contribution >= 4 is 34.5 Å². The van der Waals surface area contributed by atoms with E-state index in [1.807, 2.05) is 0 Å². The zero-order valence-corrected chi connectivity index (χ0v) is 16.7. The van der Waals surface area contributed by atoms with Crippen LogP contribution in [0.25, 0.3) is 0 Å². The summed E-state index contributed by atoms with van der Waals surface area (Å²) in [6.45, 7) is 3.52. The molecule has 29 heavy (non-hydrogen) atoms. The number of amides is 1. The Morgan fingerprint density at radius 3 is 2.83 bits per heavy atom. The summed E-state index contributed by atoms with van der Waals surface area (Å²) in [5.74, 6) is 6.50. The summed E-state index contributed by atoms with van der Waals surface area (Å²) in [7, 11) is -0.637. The van der Waals surface area contributed by atoms with Crippen LogP contribution in [0.3, 0.4) is 0 Å². The number of hydrogen-bond acceptors (Lipinski definition) is 5. The lowest BCUT2D eigenvalue weighted by molar-refractivity contribution is -0.137. The Kier molecular flexibility index (Phi) is 5.95. The van der Waals surface area contributed by atoms with Crippen molar-refractivity contribution in [2.75, 3.05) is 6.54 Å². The largest absolute Gasteiger partial charge is 0.416 e. The van der Waals surface area contributed by atoms with Crippen molar-refractivity contribution in [3.63, 3.8) is 0 Å². The molecule has 1 aromatic carbocycles. The molecule has 0 saturated heterocycles. The van der Waals surface area contributed by atoms with Crippen LogP contribution in [-0.2, 0) is 17.4 Å². The van der Waals surface area contributed by atoms with E-state index < -0.39 is 22.2 Å². The summed E-state index contributed by atoms with van der Waals surface area (Å²) >= 11 is 0. The number of alkyl halides is 3. The number of halogens is 3. The van der Waals surface area contributed by atoms with Crippen molar-refractivity contribution in [2.24, 2.45) is 10.1 Å². The fourth-order valence-corrected chi connectivity index (χ4v) is 4.54. The van der Waals surface area contributed by atoms with Gasteiger partial charge >= 0.3 is 6.18 Å². The minimum Gasteiger partial charge on any atom is -0.375 e. The molecule has 1 amide bonds. The third-order valence-corrected chi connectivity index (χ3v) is 6.19. The molecule has 2 N–H and O–H groups in total. The monoisotopic (exact) mass is 423 g/mol. The number of nitrogens with one attached hydrogen (secondary N) is 2. The lowest BCUT2D eigenvalue weighted by atomic mass is 10.1. The molecule has 2 heterocycles. The number of benzene rings is 1. The van der Waals surface area contributed by atoms with Crippen molar-refractivity contribution in [1.82, 2.24) is 15.6 Å². The van der Waals surface area contributed by atoms with Crippen LogP contribution in [-0.4, -0.2) is 40.9 Å². The van der Waals surface area contributed by atoms with Gasteiger partial charge in [0, 0.05) is 18.0 Å². The predicted molar refractivity (Wildman–Crippen MR) is 109 cm³/mol. The first-order valence-electron chi connectivity index (χ1n) is 8.70. The maximum atomic E-state index is 12.9. The van der Waals surface area contributed by atoms with E-state index in [4.69, 9.17) is 0 Å². The highest BCUT2D eigenvalue weighted by atomic mass is 32.2. The summed E-state index contributed by atoms with van der Waals surface area (Å²) < 4.78 is 38.8. The quantitative estimate of drug-likeness (QED) is 0.716. The highest BCUT2D eigenvalue weighted by Gasteiger charge is 2.31. The number of hydrogen-bond donors (Lipinski definition) is 2. The van der Waals surface area contributed by atoms with Crippen LogP contribution in [0, 0.1) is 0 Å². The maximum absolute atomic E-state index is 12.9. The van der Waals surface area contributed by atoms with Crippen LogP contribution in [0.15, 0.2) is 50.8 Å². The maximum Gasteiger partial charge on any atom is 0.416 e. The number of nitrogens with zero attached hydrogens (tertiary/aromatic N) is 3. The van der Waals surface area contributed by atoms with E-state index in [0.29, 0.717) is 22.7 Å². The second-order valence-corrected chi connectivity index (χ2v) is 8.44. The van der Waals surface area contributed by atoms with Crippen LogP contribution in [0.1, 0.15) is 25.0 Å². The van der Waals surface area contributed by atoms with Gasteiger partial charge in [-0.25, -0.2) is 10.0 Å². The SMILES string of the molecule is C=S1C(NC(=O)CN2C=NC(C)=C=N2)=C(C)NC1Cc1cccc(C(F)(F)F)c1. The molecule has 2 aliphatic rings. The second kappa shape index (κ2) is 8.26. The Bertz CT molecular complexity index is 976. The number of rotatable bonds is 5. The fraction of sp³-hybridized carbons (Fsp3) is 0.316. The van der Waals surface area contributed by atoms with E-state index >= 15 is 0 Å². The van der Waals surface area contributed by atoms with Gasteiger partial charge in [0.15, 0.2) is 0 Å². The molecular weight excluding hydrogens is 403 g/mol. The van der Waals surface area contributed by atoms with Gasteiger partial charge in [-0.2, -0.15) is 13.2 Å². The average molecular weight is 423 g/mol. The standard InChI is InChI=1S/C19H20F3N5OS/c1-12-9-24-27(11-23-12)10-16(28)26-18-13(2)25-17(29(18)3)8-14-5-4-6-15(7-14)19(20,21)22/h4-7,11,17,25H,3,8,10H2,1-2H3,(H,26,28). The number of carbonyl (C=O) groups is 1. The Hall–Kier alpha value is -2.84. The van der Waals surface area contributed by atoms with Gasteiger partial charge in [-0.1, -0.05) is 24.1 Å². The van der Waals surface area contributed by atoms with Gasteiger partial charge in [0.2, 0.25) is 5.91 Å². The second-order valence-electron chi connectivity index (χ2n) is 6.61. The minimum absolute atomic E-state index is 0.0317. The van der Waals surface area contributed by atoms with E-state index in [9.17, 15) is 18.0 Å². The molecule has 0 aromatic heterocycles. The van der Waals surface area contributed by atoms with E-state index in [-0.39, 0.29) is 17.8 Å². The van der Waals surface area contributed by atoms with Crippen molar-refractivity contribution in [3.8, 4) is 0 Å². The molecule has 10 heteroatoms. The Balaban J connectivity index is 1.63. The molecule has 1 aromatic rings. The highest BCUT2D eigenvalue weighted by molar-refractivity contribution is 8.18. The smallest absolute Gasteiger partial charge is 0.375 e. The molecule has 2 atom stereocenters. The summed E-state index contributed by atoms with van der Waals surface area (Å²) in [5, 5.41) is 11.8. The minimum atomic E-state index is -4.38. The Morgan fingerprint density at radius 1 is 1.41 bits per heavy atom. The molecule has 0 radical (unpaired) electrons. The highest BCUT2D eigenvalue weighted by Crippen LogP contribution is 2.36. The molecule has 0 bridgehead atoms. The first-order chi connectivity index (χ1) is 13.6. The Labute approximate surface area is 168 Å². The third-order valence-electron chi connectivity index (χ3n) is 4.28. The predicted octanol–water partition coefficient (Wildman–Crippen LogP) is 3.02. The van der Waals surface area contributed by atoms with Crippen molar-refractivity contribution in [3.05, 3.63) is 51.8 Å². The molecule has 154 valence electrons. The number of aliphatic imine (C=N–C) groups is 1. The van der Waals surface area contributed by atoms with Crippen LogP contribution in [0.4, 0.5) is 13.2 Å². The van der Waals surface area contributed by atoms with Crippen molar-refractivity contribution < 1.29 is 18.0 Å². The van der Waals surface area contributed by atoms with Crippen LogP contribution in [0.2, 0.25) is 0 Å². The van der Waals surface area contributed by atoms with Gasteiger partial charge < -0.3 is 10.6 Å². The lowest BCUT2D eigenvalue weighted by Crippen LogP contribution is -2.34. The normalized spacial score (nSPS) is 21.3. The fourth-order valence-electron chi connectivity index (χ4n) is 2.85. The summed E-state index contributed by atoms with van der Waals surface area (Å²) in [6, 6.07) is 5.25. The van der Waals surface area contributed by atoms with E-state index in [2.05, 4.69) is 32.5 Å². The Morgan fingerprint density at radius 2 is 2.17 bits per heavy atom. The lowest BCUT2D eigenvalue weighted by Gasteiger charge is -2.17. The van der Waals surface area contributed by atoms with Crippen molar-refractivity contribution in [2.45, 2.75) is 31.8 Å². The number of carbonyl (C=O) groups excluding carboxylic acids is 1. The van der Waals surface area contributed by atoms with Crippen LogP contribution in [0.5, 0.6) is 0 Å². The van der Waals surface area contributed by atoms with E-state index in [0.717, 1.165) is 17.8 Å². The number of hydrazone groups is 1. The molecule has 0 spiro atoms. The zero-order valence-electron chi connectivity index (χ0n) is 15.9. The molecule has 0 aliphatic carbocycles. The summed E-state index contributed by atoms with van der Waals surface area (Å²) in [4.78, 5) is 16.4. The summed E-state index contributed by atoms with van der Waals surface area (Å²) in [6.07, 6.45) is -2.58. The molecule has 2 aliphatic heterocycles. The average Bonchev–Trinajstić information content (AvgIpc) is 2.90. The number of allylic oxidation sites excluding steroid dienone is 2. The van der Waals surface area contributed by atoms with Gasteiger partial charge in [-0.3, -0.25) is 4.79 Å². The van der Waals surface area contributed by atoms with Gasteiger partial charge in [-0.05, 0) is 25.5 Å². The first-order valence-corrected chi connectivity index (χ1v) is 10.2. The van der Waals surface area contributed by atoms with Gasteiger partial charge in [-0.15, -0.1) is 15.6 Å². The zero-order chi connectivity index (χ0) is 21.2. The van der Waals surface area contributed by atoms with Gasteiger partial charge in [0.05, 0.1) is 16.0 Å². The first kappa shape index (κ1) is 20.9. The van der Waals surface area contributed by atoms with Gasteiger partial charge in [0.25, 0.3) is 0 Å². The topological polar surface area (TPSA) is 69.1 Å². The molecular formula is C19H20F3N5OS. The van der Waals surface area contributed by atoms with E-state index in [1.54, 1.807) is 19.9 Å². The molecule has 2 unspecified atom stereocenters. The van der Waals surface area contributed by atoms with E-state index in [1.165, 1.54) is 17.4 Å². The molecule has 3 rings (SSSR count). The third kappa shape index (κ3) is 5.16. The summed E-state index contributed by atoms with van der Waals surface area (Å²) in [5.41, 5.74) is 1.25. The van der Waals surface area contributed by atoms with Crippen molar-refractivity contribution in [1.29, 1.82) is 0 Å². The van der Waals surface area contributed by atoms with Crippen LogP contribution < -0.4 is 10.6 Å². The van der Waals surface area contributed by atoms with Crippen LogP contribution >= 0.6 is 10.5 Å². The molecule has 6 nitrogen and oxygen atoms in total. The molecule has 0 saturated carbocycles.